The molecule has 2 aromatic heterocycles. The first kappa shape index (κ1) is 21.2. The maximum atomic E-state index is 12.8. The minimum Gasteiger partial charge on any atom is -0.444 e. The molecule has 0 saturated carbocycles. The lowest BCUT2D eigenvalue weighted by atomic mass is 9.95. The summed E-state index contributed by atoms with van der Waals surface area (Å²) in [6.07, 6.45) is 0.287. The molecule has 1 aliphatic heterocycles. The molecule has 0 spiro atoms. The van der Waals surface area contributed by atoms with Crippen molar-refractivity contribution in [2.45, 2.75) is 19.0 Å². The van der Waals surface area contributed by atoms with Crippen LogP contribution in [0.25, 0.3) is 11.3 Å². The Morgan fingerprint density at radius 3 is 2.61 bits per heavy atom. The van der Waals surface area contributed by atoms with Crippen LogP contribution in [-0.4, -0.2) is 29.0 Å². The fourth-order valence-electron chi connectivity index (χ4n) is 3.52. The summed E-state index contributed by atoms with van der Waals surface area (Å²) in [5, 5.41) is 2.86. The van der Waals surface area contributed by atoms with Gasteiger partial charge in [-0.05, 0) is 31.0 Å². The summed E-state index contributed by atoms with van der Waals surface area (Å²) in [5.74, 6) is 0.567. The van der Waals surface area contributed by atoms with Gasteiger partial charge in [0.1, 0.15) is 5.82 Å². The van der Waals surface area contributed by atoms with E-state index in [0.717, 1.165) is 17.8 Å². The third kappa shape index (κ3) is 4.82. The lowest BCUT2D eigenvalue weighted by Crippen LogP contribution is -2.38. The molecular formula is C21H18ClF3N4O2. The van der Waals surface area contributed by atoms with Crippen LogP contribution in [0.4, 0.5) is 24.7 Å². The van der Waals surface area contributed by atoms with Crippen LogP contribution in [-0.2, 0) is 11.0 Å². The molecule has 0 aliphatic carbocycles. The van der Waals surface area contributed by atoms with Crippen LogP contribution in [0.2, 0.25) is 5.02 Å². The number of carbonyl (C=O) groups excluding carboxylic acids is 1. The average Bonchev–Trinajstić information content (AvgIpc) is 3.28. The number of aromatic nitrogens is 2. The van der Waals surface area contributed by atoms with Crippen molar-refractivity contribution in [1.82, 2.24) is 9.97 Å². The van der Waals surface area contributed by atoms with E-state index in [9.17, 15) is 18.0 Å². The zero-order valence-electron chi connectivity index (χ0n) is 16.2. The molecule has 0 unspecified atom stereocenters. The molecule has 0 radical (unpaired) electrons. The minimum absolute atomic E-state index is 0.0537. The molecule has 1 saturated heterocycles. The summed E-state index contributed by atoms with van der Waals surface area (Å²) in [7, 11) is 0. The van der Waals surface area contributed by atoms with Gasteiger partial charge in [-0.3, -0.25) is 4.79 Å². The molecule has 162 valence electrons. The highest BCUT2D eigenvalue weighted by Gasteiger charge is 2.33. The molecule has 3 aromatic rings. The number of hydrogen-bond acceptors (Lipinski definition) is 5. The van der Waals surface area contributed by atoms with Gasteiger partial charge in [-0.25, -0.2) is 9.97 Å². The Morgan fingerprint density at radius 1 is 1.19 bits per heavy atom. The van der Waals surface area contributed by atoms with E-state index >= 15 is 0 Å². The van der Waals surface area contributed by atoms with Crippen molar-refractivity contribution in [2.24, 2.45) is 5.92 Å². The second kappa shape index (κ2) is 8.58. The Hall–Kier alpha value is -3.07. The van der Waals surface area contributed by atoms with Crippen LogP contribution in [0.3, 0.4) is 0 Å². The van der Waals surface area contributed by atoms with Crippen LogP contribution in [0, 0.1) is 5.92 Å². The molecule has 1 amide bonds. The number of benzene rings is 1. The number of halogens is 4. The Morgan fingerprint density at radius 2 is 1.97 bits per heavy atom. The smallest absolute Gasteiger partial charge is 0.417 e. The average molecular weight is 451 g/mol. The van der Waals surface area contributed by atoms with Gasteiger partial charge in [-0.2, -0.15) is 13.2 Å². The Kier molecular flexibility index (Phi) is 5.86. The normalized spacial score (nSPS) is 15.2. The third-order valence-corrected chi connectivity index (χ3v) is 5.44. The number of amides is 1. The van der Waals surface area contributed by atoms with Gasteiger partial charge in [0.25, 0.3) is 0 Å². The van der Waals surface area contributed by atoms with E-state index in [1.807, 2.05) is 12.1 Å². The first-order chi connectivity index (χ1) is 14.8. The number of hydrogen-bond donors (Lipinski definition) is 1. The van der Waals surface area contributed by atoms with Crippen LogP contribution >= 0.6 is 11.6 Å². The summed E-state index contributed by atoms with van der Waals surface area (Å²) in [5.41, 5.74) is 0.560. The van der Waals surface area contributed by atoms with Crippen molar-refractivity contribution in [1.29, 1.82) is 0 Å². The van der Waals surface area contributed by atoms with Gasteiger partial charge >= 0.3 is 6.18 Å². The fraction of sp³-hybridized carbons (Fsp3) is 0.286. The number of nitrogens with zero attached hydrogens (tertiary/aromatic N) is 3. The van der Waals surface area contributed by atoms with E-state index in [1.54, 1.807) is 23.2 Å². The molecule has 1 fully saturated rings. The molecule has 10 heteroatoms. The van der Waals surface area contributed by atoms with Crippen molar-refractivity contribution >= 4 is 29.0 Å². The summed E-state index contributed by atoms with van der Waals surface area (Å²) < 4.78 is 43.7. The lowest BCUT2D eigenvalue weighted by Gasteiger charge is -2.32. The maximum absolute atomic E-state index is 12.8. The Bertz CT molecular complexity index is 1060. The summed E-state index contributed by atoms with van der Waals surface area (Å²) >= 11 is 6.04. The van der Waals surface area contributed by atoms with Gasteiger partial charge in [0.05, 0.1) is 16.8 Å². The van der Waals surface area contributed by atoms with E-state index in [0.29, 0.717) is 43.2 Å². The van der Waals surface area contributed by atoms with Crippen molar-refractivity contribution < 1.29 is 22.4 Å². The monoisotopic (exact) mass is 450 g/mol. The number of oxazole rings is 1. The van der Waals surface area contributed by atoms with Crippen LogP contribution in [0.1, 0.15) is 18.4 Å². The number of carbonyl (C=O) groups is 1. The largest absolute Gasteiger partial charge is 0.444 e. The summed E-state index contributed by atoms with van der Waals surface area (Å²) in [4.78, 5) is 22.3. The molecule has 1 aromatic carbocycles. The van der Waals surface area contributed by atoms with Crippen molar-refractivity contribution in [3.05, 3.63) is 59.7 Å². The van der Waals surface area contributed by atoms with E-state index < -0.39 is 11.7 Å². The molecular weight excluding hydrogens is 433 g/mol. The molecule has 6 nitrogen and oxygen atoms in total. The predicted molar refractivity (Wildman–Crippen MR) is 110 cm³/mol. The highest BCUT2D eigenvalue weighted by atomic mass is 35.5. The highest BCUT2D eigenvalue weighted by Crippen LogP contribution is 2.35. The Balaban J connectivity index is 1.37. The first-order valence-electron chi connectivity index (χ1n) is 9.59. The van der Waals surface area contributed by atoms with Gasteiger partial charge in [0, 0.05) is 36.5 Å². The molecule has 3 heterocycles. The van der Waals surface area contributed by atoms with Gasteiger partial charge in [-0.1, -0.05) is 23.7 Å². The van der Waals surface area contributed by atoms with Gasteiger partial charge in [-0.15, -0.1) is 0 Å². The number of nitrogens with one attached hydrogen (secondary N) is 1. The van der Waals surface area contributed by atoms with Gasteiger partial charge in [0.15, 0.2) is 12.2 Å². The molecule has 31 heavy (non-hydrogen) atoms. The molecule has 0 atom stereocenters. The van der Waals surface area contributed by atoms with Gasteiger partial charge in [0.2, 0.25) is 5.91 Å². The topological polar surface area (TPSA) is 71.3 Å². The standard InChI is InChI=1S/C21H18ClF3N4O2/c22-17-9-15(21(23,24)25)10-27-19(17)29-6-4-13(5-7-29)20(30)28-16-3-1-2-14(8-16)18-11-26-12-31-18/h1-3,8-13H,4-7H2,(H,28,30). The molecule has 1 N–H and O–H groups in total. The molecule has 4 rings (SSSR count). The van der Waals surface area contributed by atoms with Crippen molar-refractivity contribution in [3.8, 4) is 11.3 Å². The fourth-order valence-corrected chi connectivity index (χ4v) is 3.81. The highest BCUT2D eigenvalue weighted by molar-refractivity contribution is 6.33. The second-order valence-electron chi connectivity index (χ2n) is 7.22. The third-order valence-electron chi connectivity index (χ3n) is 5.16. The van der Waals surface area contributed by atoms with Crippen LogP contribution in [0.15, 0.2) is 53.5 Å². The first-order valence-corrected chi connectivity index (χ1v) is 9.96. The van der Waals surface area contributed by atoms with E-state index in [-0.39, 0.29) is 16.8 Å². The van der Waals surface area contributed by atoms with Crippen LogP contribution in [0.5, 0.6) is 0 Å². The Labute approximate surface area is 181 Å². The van der Waals surface area contributed by atoms with E-state index in [2.05, 4.69) is 15.3 Å². The zero-order valence-corrected chi connectivity index (χ0v) is 17.0. The number of rotatable bonds is 4. The van der Waals surface area contributed by atoms with E-state index in [4.69, 9.17) is 16.0 Å². The molecule has 1 aliphatic rings. The zero-order chi connectivity index (χ0) is 22.0. The predicted octanol–water partition coefficient (Wildman–Crippen LogP) is 5.26. The summed E-state index contributed by atoms with van der Waals surface area (Å²) in [6, 6.07) is 8.15. The number of anilines is 2. The van der Waals surface area contributed by atoms with Gasteiger partial charge < -0.3 is 14.6 Å². The second-order valence-corrected chi connectivity index (χ2v) is 7.63. The SMILES string of the molecule is O=C(Nc1cccc(-c2cnco2)c1)C1CCN(c2ncc(C(F)(F)F)cc2Cl)CC1. The maximum Gasteiger partial charge on any atom is 0.417 e. The number of piperidine rings is 1. The van der Waals surface area contributed by atoms with Crippen molar-refractivity contribution in [2.75, 3.05) is 23.3 Å². The van der Waals surface area contributed by atoms with E-state index in [1.165, 1.54) is 6.39 Å². The molecule has 0 bridgehead atoms. The van der Waals surface area contributed by atoms with Crippen molar-refractivity contribution in [3.63, 3.8) is 0 Å². The lowest BCUT2D eigenvalue weighted by molar-refractivity contribution is -0.137. The quantitative estimate of drug-likeness (QED) is 0.586. The number of pyridine rings is 1. The number of alkyl halides is 3. The van der Waals surface area contributed by atoms with Crippen LogP contribution < -0.4 is 10.2 Å². The minimum atomic E-state index is -4.50. The summed E-state index contributed by atoms with van der Waals surface area (Å²) in [6.45, 7) is 0.933.